The highest BCUT2D eigenvalue weighted by Crippen LogP contribution is 2.40. The van der Waals surface area contributed by atoms with E-state index in [1.165, 1.54) is 24.3 Å². The van der Waals surface area contributed by atoms with Crippen molar-refractivity contribution >= 4 is 11.3 Å². The van der Waals surface area contributed by atoms with Crippen molar-refractivity contribution in [3.63, 3.8) is 0 Å². The van der Waals surface area contributed by atoms with Gasteiger partial charge in [-0.1, -0.05) is 6.07 Å². The average Bonchev–Trinajstić information content (AvgIpc) is 2.71. The molecule has 0 amide bonds. The number of hydrogen-bond acceptors (Lipinski definition) is 3. The van der Waals surface area contributed by atoms with E-state index < -0.39 is 0 Å². The van der Waals surface area contributed by atoms with Gasteiger partial charge in [-0.2, -0.15) is 0 Å². The molecule has 3 heterocycles. The van der Waals surface area contributed by atoms with E-state index in [2.05, 4.69) is 22.8 Å². The molecule has 1 N–H and O–H groups in total. The normalized spacial score (nSPS) is 30.1. The minimum atomic E-state index is 0.310. The van der Waals surface area contributed by atoms with E-state index >= 15 is 0 Å². The van der Waals surface area contributed by atoms with Crippen LogP contribution < -0.4 is 5.32 Å². The summed E-state index contributed by atoms with van der Waals surface area (Å²) < 4.78 is 5.44. The summed E-state index contributed by atoms with van der Waals surface area (Å²) in [6.45, 7) is 2.99. The maximum Gasteiger partial charge on any atom is 0.0666 e. The van der Waals surface area contributed by atoms with Crippen LogP contribution in [0.1, 0.15) is 17.7 Å². The van der Waals surface area contributed by atoms with Gasteiger partial charge in [-0.25, -0.2) is 0 Å². The fraction of sp³-hybridized carbons (Fsp3) is 0.636. The Morgan fingerprint density at radius 2 is 2.43 bits per heavy atom. The monoisotopic (exact) mass is 209 g/mol. The Hall–Kier alpha value is -0.380. The molecule has 0 radical (unpaired) electrons. The molecule has 3 heteroatoms. The largest absolute Gasteiger partial charge is 0.379 e. The van der Waals surface area contributed by atoms with E-state index in [-0.39, 0.29) is 0 Å². The van der Waals surface area contributed by atoms with Crippen molar-refractivity contribution in [2.24, 2.45) is 0 Å². The maximum atomic E-state index is 5.44. The van der Waals surface area contributed by atoms with Gasteiger partial charge in [0.1, 0.15) is 0 Å². The average molecular weight is 209 g/mol. The van der Waals surface area contributed by atoms with Crippen molar-refractivity contribution in [1.82, 2.24) is 5.32 Å². The van der Waals surface area contributed by atoms with E-state index in [4.69, 9.17) is 4.74 Å². The first-order valence-corrected chi connectivity index (χ1v) is 6.15. The van der Waals surface area contributed by atoms with Gasteiger partial charge in [0.25, 0.3) is 0 Å². The molecule has 1 aromatic heterocycles. The molecular formula is C11H15NOS. The van der Waals surface area contributed by atoms with E-state index in [1.54, 1.807) is 0 Å². The van der Waals surface area contributed by atoms with Crippen LogP contribution in [0.15, 0.2) is 17.5 Å². The molecule has 0 spiro atoms. The first-order valence-electron chi connectivity index (χ1n) is 5.27. The SMILES string of the molecule is c1csc(C2(C3CCCN3)COC2)c1. The van der Waals surface area contributed by atoms with Crippen molar-refractivity contribution in [2.45, 2.75) is 24.3 Å². The molecule has 2 saturated heterocycles. The van der Waals surface area contributed by atoms with E-state index in [1.807, 2.05) is 11.3 Å². The molecule has 2 aliphatic rings. The summed E-state index contributed by atoms with van der Waals surface area (Å²) in [5, 5.41) is 5.79. The van der Waals surface area contributed by atoms with Gasteiger partial charge >= 0.3 is 0 Å². The van der Waals surface area contributed by atoms with Crippen molar-refractivity contribution < 1.29 is 4.74 Å². The van der Waals surface area contributed by atoms with Crippen LogP contribution >= 0.6 is 11.3 Å². The topological polar surface area (TPSA) is 21.3 Å². The van der Waals surface area contributed by atoms with Crippen LogP contribution in [0.2, 0.25) is 0 Å². The zero-order valence-corrected chi connectivity index (χ0v) is 8.98. The standard InChI is InChI=1S/C11H15NOS/c1-3-9(12-5-1)11(7-13-8-11)10-4-2-6-14-10/h2,4,6,9,12H,1,3,5,7-8H2. The smallest absolute Gasteiger partial charge is 0.0666 e. The summed E-state index contributed by atoms with van der Waals surface area (Å²) in [6, 6.07) is 5.05. The summed E-state index contributed by atoms with van der Waals surface area (Å²) in [4.78, 5) is 1.50. The molecule has 2 aliphatic heterocycles. The molecule has 0 saturated carbocycles. The zero-order valence-electron chi connectivity index (χ0n) is 8.16. The second kappa shape index (κ2) is 3.33. The minimum Gasteiger partial charge on any atom is -0.379 e. The predicted molar refractivity (Wildman–Crippen MR) is 57.8 cm³/mol. The Morgan fingerprint density at radius 3 is 2.93 bits per heavy atom. The zero-order chi connectivity index (χ0) is 9.43. The van der Waals surface area contributed by atoms with Crippen LogP contribution in [-0.4, -0.2) is 25.8 Å². The van der Waals surface area contributed by atoms with Crippen LogP contribution in [0.3, 0.4) is 0 Å². The molecule has 0 aliphatic carbocycles. The van der Waals surface area contributed by atoms with E-state index in [0.717, 1.165) is 13.2 Å². The van der Waals surface area contributed by atoms with Crippen LogP contribution in [0.4, 0.5) is 0 Å². The molecule has 2 fully saturated rings. The third-order valence-electron chi connectivity index (χ3n) is 3.46. The van der Waals surface area contributed by atoms with Gasteiger partial charge in [0.2, 0.25) is 0 Å². The Labute approximate surface area is 88.3 Å². The molecule has 3 rings (SSSR count). The molecule has 1 atom stereocenters. The first kappa shape index (κ1) is 8.89. The summed E-state index contributed by atoms with van der Waals surface area (Å²) in [7, 11) is 0. The van der Waals surface area contributed by atoms with Crippen LogP contribution in [-0.2, 0) is 10.2 Å². The van der Waals surface area contributed by atoms with Gasteiger partial charge in [-0.15, -0.1) is 11.3 Å². The van der Waals surface area contributed by atoms with Gasteiger partial charge < -0.3 is 10.1 Å². The fourth-order valence-corrected chi connectivity index (χ4v) is 3.51. The Kier molecular flexibility index (Phi) is 2.11. The third kappa shape index (κ3) is 1.16. The third-order valence-corrected chi connectivity index (χ3v) is 4.55. The van der Waals surface area contributed by atoms with Crippen LogP contribution in [0.25, 0.3) is 0 Å². The second-order valence-corrected chi connectivity index (χ2v) is 5.22. The van der Waals surface area contributed by atoms with Crippen molar-refractivity contribution in [2.75, 3.05) is 19.8 Å². The van der Waals surface area contributed by atoms with Gasteiger partial charge in [0, 0.05) is 10.9 Å². The van der Waals surface area contributed by atoms with Crippen molar-refractivity contribution in [1.29, 1.82) is 0 Å². The van der Waals surface area contributed by atoms with Crippen molar-refractivity contribution in [3.8, 4) is 0 Å². The maximum absolute atomic E-state index is 5.44. The number of rotatable bonds is 2. The summed E-state index contributed by atoms with van der Waals surface area (Å²) >= 11 is 1.87. The van der Waals surface area contributed by atoms with Crippen molar-refractivity contribution in [3.05, 3.63) is 22.4 Å². The summed E-state index contributed by atoms with van der Waals surface area (Å²) in [5.41, 5.74) is 0.310. The lowest BCUT2D eigenvalue weighted by atomic mass is 9.76. The Balaban J connectivity index is 1.90. The minimum absolute atomic E-state index is 0.310. The van der Waals surface area contributed by atoms with E-state index in [9.17, 15) is 0 Å². The van der Waals surface area contributed by atoms with Gasteiger partial charge in [-0.3, -0.25) is 0 Å². The highest BCUT2D eigenvalue weighted by atomic mass is 32.1. The number of hydrogen-bond donors (Lipinski definition) is 1. The number of thiophene rings is 1. The summed E-state index contributed by atoms with van der Waals surface area (Å²) in [5.74, 6) is 0. The van der Waals surface area contributed by atoms with E-state index in [0.29, 0.717) is 11.5 Å². The van der Waals surface area contributed by atoms with Crippen LogP contribution in [0.5, 0.6) is 0 Å². The van der Waals surface area contributed by atoms with Gasteiger partial charge in [0.05, 0.1) is 18.6 Å². The molecule has 76 valence electrons. The molecule has 1 aromatic rings. The summed E-state index contributed by atoms with van der Waals surface area (Å²) in [6.07, 6.45) is 2.62. The second-order valence-electron chi connectivity index (χ2n) is 4.28. The molecule has 14 heavy (non-hydrogen) atoms. The fourth-order valence-electron chi connectivity index (χ4n) is 2.56. The predicted octanol–water partition coefficient (Wildman–Crippen LogP) is 1.77. The Morgan fingerprint density at radius 1 is 1.50 bits per heavy atom. The highest BCUT2D eigenvalue weighted by Gasteiger charge is 2.48. The van der Waals surface area contributed by atoms with Gasteiger partial charge in [-0.05, 0) is 30.8 Å². The quantitative estimate of drug-likeness (QED) is 0.801. The number of nitrogens with one attached hydrogen (secondary N) is 1. The van der Waals surface area contributed by atoms with Gasteiger partial charge in [0.15, 0.2) is 0 Å². The highest BCUT2D eigenvalue weighted by molar-refractivity contribution is 7.10. The lowest BCUT2D eigenvalue weighted by Gasteiger charge is -2.45. The molecule has 2 nitrogen and oxygen atoms in total. The molecular weight excluding hydrogens is 194 g/mol. The van der Waals surface area contributed by atoms with Crippen LogP contribution in [0, 0.1) is 0 Å². The number of ether oxygens (including phenoxy) is 1. The Bertz CT molecular complexity index is 299. The first-order chi connectivity index (χ1) is 6.92. The molecule has 0 aromatic carbocycles. The molecule has 1 unspecified atom stereocenters. The lowest BCUT2D eigenvalue weighted by Crippen LogP contribution is -2.58. The molecule has 0 bridgehead atoms. The lowest BCUT2D eigenvalue weighted by molar-refractivity contribution is -0.0741.